The fraction of sp³-hybridized carbons (Fsp3) is 0.217. The highest BCUT2D eigenvalue weighted by molar-refractivity contribution is 5.91. The summed E-state index contributed by atoms with van der Waals surface area (Å²) in [7, 11) is 0. The van der Waals surface area contributed by atoms with Gasteiger partial charge < -0.3 is 13.8 Å². The number of rotatable bonds is 7. The average Bonchev–Trinajstić information content (AvgIpc) is 3.37. The van der Waals surface area contributed by atoms with Gasteiger partial charge >= 0.3 is 5.97 Å². The fourth-order valence-electron chi connectivity index (χ4n) is 3.39. The van der Waals surface area contributed by atoms with Crippen LogP contribution in [0.2, 0.25) is 0 Å². The predicted octanol–water partition coefficient (Wildman–Crippen LogP) is 4.47. The van der Waals surface area contributed by atoms with E-state index < -0.39 is 5.97 Å². The summed E-state index contributed by atoms with van der Waals surface area (Å²) >= 11 is 0. The van der Waals surface area contributed by atoms with Gasteiger partial charge in [0.05, 0.1) is 12.2 Å². The van der Waals surface area contributed by atoms with E-state index in [4.69, 9.17) is 9.26 Å². The van der Waals surface area contributed by atoms with Crippen LogP contribution in [0.4, 0.5) is 4.39 Å². The maximum absolute atomic E-state index is 13.2. The number of hydrogen-bond donors (Lipinski definition) is 0. The number of carbonyl (C=O) groups excluding carboxylic acids is 1. The fourth-order valence-corrected chi connectivity index (χ4v) is 3.39. The van der Waals surface area contributed by atoms with Gasteiger partial charge in [0.25, 0.3) is 0 Å². The molecule has 8 heteroatoms. The molecule has 31 heavy (non-hydrogen) atoms. The van der Waals surface area contributed by atoms with Crippen LogP contribution in [0.25, 0.3) is 17.1 Å². The van der Waals surface area contributed by atoms with E-state index in [9.17, 15) is 9.18 Å². The van der Waals surface area contributed by atoms with Crippen molar-refractivity contribution >= 4 is 5.97 Å². The van der Waals surface area contributed by atoms with Crippen molar-refractivity contribution in [3.63, 3.8) is 0 Å². The number of nitrogens with zero attached hydrogens (tertiary/aromatic N) is 4. The van der Waals surface area contributed by atoms with E-state index in [-0.39, 0.29) is 12.4 Å². The van der Waals surface area contributed by atoms with Crippen LogP contribution in [0.3, 0.4) is 0 Å². The molecule has 0 spiro atoms. The summed E-state index contributed by atoms with van der Waals surface area (Å²) in [5, 5.41) is 3.95. The van der Waals surface area contributed by atoms with Crippen LogP contribution in [-0.4, -0.2) is 32.3 Å². The van der Waals surface area contributed by atoms with Crippen molar-refractivity contribution in [2.24, 2.45) is 0 Å². The molecule has 0 saturated heterocycles. The zero-order valence-corrected chi connectivity index (χ0v) is 17.2. The van der Waals surface area contributed by atoms with E-state index >= 15 is 0 Å². The van der Waals surface area contributed by atoms with E-state index in [0.717, 1.165) is 22.6 Å². The standard InChI is InChI=1S/C23H21FN4O3/c1-15-13-20(16(2)28(15)19-9-7-18(24)8-10-19)23(29)30-12-4-6-21-26-22(27-31-21)17-5-3-11-25-14-17/h3,5,7-11,13-14H,4,6,12H2,1-2H3. The van der Waals surface area contributed by atoms with E-state index in [1.54, 1.807) is 36.7 Å². The Hall–Kier alpha value is -3.81. The van der Waals surface area contributed by atoms with Gasteiger partial charge in [-0.1, -0.05) is 5.16 Å². The van der Waals surface area contributed by atoms with Gasteiger partial charge in [-0.05, 0) is 62.7 Å². The lowest BCUT2D eigenvalue weighted by Crippen LogP contribution is -2.09. The number of ether oxygens (including phenoxy) is 1. The Bertz CT molecular complexity index is 1180. The maximum Gasteiger partial charge on any atom is 0.339 e. The summed E-state index contributed by atoms with van der Waals surface area (Å²) in [5.41, 5.74) is 3.66. The Labute approximate surface area is 178 Å². The molecule has 0 fully saturated rings. The highest BCUT2D eigenvalue weighted by atomic mass is 19.1. The van der Waals surface area contributed by atoms with Crippen molar-refractivity contribution in [2.75, 3.05) is 6.61 Å². The van der Waals surface area contributed by atoms with Gasteiger partial charge in [0.1, 0.15) is 5.82 Å². The number of halogens is 1. The molecule has 1 aromatic carbocycles. The molecule has 0 radical (unpaired) electrons. The van der Waals surface area contributed by atoms with Crippen LogP contribution in [-0.2, 0) is 11.2 Å². The second-order valence-corrected chi connectivity index (χ2v) is 7.09. The molecule has 0 aliphatic carbocycles. The van der Waals surface area contributed by atoms with Crippen molar-refractivity contribution in [2.45, 2.75) is 26.7 Å². The molecule has 0 bridgehead atoms. The third kappa shape index (κ3) is 4.53. The molecule has 0 aliphatic rings. The lowest BCUT2D eigenvalue weighted by atomic mass is 10.2. The molecule has 4 aromatic rings. The van der Waals surface area contributed by atoms with E-state index in [1.165, 1.54) is 12.1 Å². The quantitative estimate of drug-likeness (QED) is 0.324. The smallest absolute Gasteiger partial charge is 0.339 e. The summed E-state index contributed by atoms with van der Waals surface area (Å²) in [4.78, 5) is 20.9. The molecular formula is C23H21FN4O3. The Balaban J connectivity index is 1.34. The summed E-state index contributed by atoms with van der Waals surface area (Å²) in [6, 6.07) is 11.6. The summed E-state index contributed by atoms with van der Waals surface area (Å²) in [6.45, 7) is 3.96. The van der Waals surface area contributed by atoms with Crippen LogP contribution >= 0.6 is 0 Å². The van der Waals surface area contributed by atoms with Crippen molar-refractivity contribution in [3.8, 4) is 17.1 Å². The number of pyridine rings is 1. The van der Waals surface area contributed by atoms with Crippen LogP contribution in [0, 0.1) is 19.7 Å². The lowest BCUT2D eigenvalue weighted by Gasteiger charge is -2.10. The Morgan fingerprint density at radius 1 is 1.19 bits per heavy atom. The molecule has 7 nitrogen and oxygen atoms in total. The van der Waals surface area contributed by atoms with Crippen LogP contribution in [0.5, 0.6) is 0 Å². The zero-order chi connectivity index (χ0) is 21.8. The maximum atomic E-state index is 13.2. The second-order valence-electron chi connectivity index (χ2n) is 7.09. The molecule has 3 heterocycles. The van der Waals surface area contributed by atoms with Crippen molar-refractivity contribution < 1.29 is 18.4 Å². The van der Waals surface area contributed by atoms with Crippen LogP contribution < -0.4 is 0 Å². The SMILES string of the molecule is Cc1cc(C(=O)OCCCc2nc(-c3cccnc3)no2)c(C)n1-c1ccc(F)cc1. The summed E-state index contributed by atoms with van der Waals surface area (Å²) < 4.78 is 25.8. The zero-order valence-electron chi connectivity index (χ0n) is 17.2. The number of benzene rings is 1. The molecule has 0 N–H and O–H groups in total. The second kappa shape index (κ2) is 8.91. The number of aromatic nitrogens is 4. The minimum atomic E-state index is -0.400. The Kier molecular flexibility index (Phi) is 5.88. The summed E-state index contributed by atoms with van der Waals surface area (Å²) in [6.07, 6.45) is 4.39. The predicted molar refractivity (Wildman–Crippen MR) is 111 cm³/mol. The molecule has 3 aromatic heterocycles. The minimum absolute atomic E-state index is 0.226. The first kappa shape index (κ1) is 20.5. The van der Waals surface area contributed by atoms with Gasteiger partial charge in [-0.15, -0.1) is 0 Å². The van der Waals surface area contributed by atoms with Crippen molar-refractivity contribution in [1.29, 1.82) is 0 Å². The first-order valence-electron chi connectivity index (χ1n) is 9.88. The summed E-state index contributed by atoms with van der Waals surface area (Å²) in [5.74, 6) is 0.250. The Morgan fingerprint density at radius 3 is 2.74 bits per heavy atom. The Morgan fingerprint density at radius 2 is 2.00 bits per heavy atom. The third-order valence-electron chi connectivity index (χ3n) is 4.89. The van der Waals surface area contributed by atoms with Gasteiger partial charge in [-0.3, -0.25) is 4.98 Å². The molecule has 4 rings (SSSR count). The lowest BCUT2D eigenvalue weighted by molar-refractivity contribution is 0.0497. The van der Waals surface area contributed by atoms with E-state index in [1.807, 2.05) is 24.5 Å². The van der Waals surface area contributed by atoms with E-state index in [0.29, 0.717) is 30.1 Å². The molecule has 0 saturated carbocycles. The molecule has 0 amide bonds. The highest BCUT2D eigenvalue weighted by Crippen LogP contribution is 2.22. The number of aryl methyl sites for hydroxylation is 2. The highest BCUT2D eigenvalue weighted by Gasteiger charge is 2.18. The van der Waals surface area contributed by atoms with Crippen molar-refractivity contribution in [1.82, 2.24) is 19.7 Å². The molecular weight excluding hydrogens is 399 g/mol. The monoisotopic (exact) mass is 420 g/mol. The first-order chi connectivity index (χ1) is 15.0. The van der Waals surface area contributed by atoms with Gasteiger partial charge in [0, 0.05) is 41.5 Å². The van der Waals surface area contributed by atoms with Crippen LogP contribution in [0.1, 0.15) is 34.1 Å². The average molecular weight is 420 g/mol. The van der Waals surface area contributed by atoms with Gasteiger partial charge in [-0.25, -0.2) is 9.18 Å². The largest absolute Gasteiger partial charge is 0.462 e. The van der Waals surface area contributed by atoms with Crippen molar-refractivity contribution in [3.05, 3.63) is 83.5 Å². The first-order valence-corrected chi connectivity index (χ1v) is 9.88. The van der Waals surface area contributed by atoms with Gasteiger partial charge in [-0.2, -0.15) is 4.98 Å². The molecule has 0 aliphatic heterocycles. The van der Waals surface area contributed by atoms with Gasteiger partial charge in [0.2, 0.25) is 11.7 Å². The number of hydrogen-bond acceptors (Lipinski definition) is 6. The number of carbonyl (C=O) groups is 1. The van der Waals surface area contributed by atoms with Gasteiger partial charge in [0.15, 0.2) is 0 Å². The third-order valence-corrected chi connectivity index (χ3v) is 4.89. The van der Waals surface area contributed by atoms with E-state index in [2.05, 4.69) is 15.1 Å². The number of esters is 1. The molecule has 0 unspecified atom stereocenters. The molecule has 0 atom stereocenters. The topological polar surface area (TPSA) is 83.0 Å². The van der Waals surface area contributed by atoms with Crippen LogP contribution in [0.15, 0.2) is 59.4 Å². The molecule has 158 valence electrons. The normalized spacial score (nSPS) is 10.9. The minimum Gasteiger partial charge on any atom is -0.462 e.